The second-order valence-electron chi connectivity index (χ2n) is 6.11. The molecule has 122 valence electrons. The van der Waals surface area contributed by atoms with Gasteiger partial charge in [0.05, 0.1) is 6.61 Å². The van der Waals surface area contributed by atoms with Crippen LogP contribution in [0.1, 0.15) is 47.5 Å². The molecule has 1 atom stereocenters. The molecule has 0 heterocycles. The van der Waals surface area contributed by atoms with Crippen molar-refractivity contribution in [3.05, 3.63) is 0 Å². The average Bonchev–Trinajstić information content (AvgIpc) is 2.31. The van der Waals surface area contributed by atoms with Gasteiger partial charge < -0.3 is 19.9 Å². The number of hydrogen-bond donors (Lipinski definition) is 1. The first-order valence-electron chi connectivity index (χ1n) is 6.87. The predicted molar refractivity (Wildman–Crippen MR) is 75.3 cm³/mol. The zero-order chi connectivity index (χ0) is 16.6. The van der Waals surface area contributed by atoms with E-state index >= 15 is 0 Å². The van der Waals surface area contributed by atoms with Gasteiger partial charge in [0, 0.05) is 6.42 Å². The number of carbonyl (C=O) groups is 3. The van der Waals surface area contributed by atoms with E-state index in [9.17, 15) is 14.4 Å². The fourth-order valence-corrected chi connectivity index (χ4v) is 1.18. The average molecular weight is 303 g/mol. The first kappa shape index (κ1) is 19.4. The van der Waals surface area contributed by atoms with Crippen molar-refractivity contribution in [2.45, 2.75) is 59.1 Å². The molecular formula is C14H25NO6. The molecular weight excluding hydrogens is 278 g/mol. The highest BCUT2D eigenvalue weighted by molar-refractivity contribution is 5.82. The summed E-state index contributed by atoms with van der Waals surface area (Å²) in [5.74, 6) is -1.24. The fraction of sp³-hybridized carbons (Fsp3) is 0.786. The molecule has 0 fully saturated rings. The summed E-state index contributed by atoms with van der Waals surface area (Å²) in [4.78, 5) is 34.1. The lowest BCUT2D eigenvalue weighted by Crippen LogP contribution is -2.37. The minimum Gasteiger partial charge on any atom is -0.459 e. The van der Waals surface area contributed by atoms with Crippen molar-refractivity contribution in [2.75, 3.05) is 6.61 Å². The number of nitrogens with two attached hydrogens (primary N) is 1. The van der Waals surface area contributed by atoms with Crippen LogP contribution in [-0.2, 0) is 23.8 Å². The van der Waals surface area contributed by atoms with Crippen molar-refractivity contribution >= 4 is 18.1 Å². The van der Waals surface area contributed by atoms with E-state index in [0.29, 0.717) is 0 Å². The number of carbonyl (C=O) groups excluding carboxylic acids is 3. The van der Waals surface area contributed by atoms with Gasteiger partial charge in [0.25, 0.3) is 0 Å². The first-order valence-corrected chi connectivity index (χ1v) is 6.87. The maximum Gasteiger partial charge on any atom is 0.516 e. The van der Waals surface area contributed by atoms with Crippen LogP contribution in [0.25, 0.3) is 0 Å². The second kappa shape index (κ2) is 8.61. The highest BCUT2D eigenvalue weighted by Gasteiger charge is 2.23. The fourth-order valence-electron chi connectivity index (χ4n) is 1.18. The van der Waals surface area contributed by atoms with E-state index < -0.39 is 29.7 Å². The lowest BCUT2D eigenvalue weighted by Gasteiger charge is -2.21. The summed E-state index contributed by atoms with van der Waals surface area (Å²) in [6, 6.07) is -0.941. The molecule has 0 saturated carbocycles. The third-order valence-corrected chi connectivity index (χ3v) is 2.10. The summed E-state index contributed by atoms with van der Waals surface area (Å²) >= 11 is 0. The molecule has 2 N–H and O–H groups in total. The van der Waals surface area contributed by atoms with E-state index in [-0.39, 0.29) is 25.4 Å². The lowest BCUT2D eigenvalue weighted by atomic mass is 10.1. The molecule has 0 aromatic rings. The molecule has 0 rings (SSSR count). The summed E-state index contributed by atoms with van der Waals surface area (Å²) in [7, 11) is 0. The summed E-state index contributed by atoms with van der Waals surface area (Å²) in [6.45, 7) is 9.04. The van der Waals surface area contributed by atoms with Crippen molar-refractivity contribution in [3.8, 4) is 0 Å². The van der Waals surface area contributed by atoms with Gasteiger partial charge >= 0.3 is 18.1 Å². The normalized spacial score (nSPS) is 12.7. The van der Waals surface area contributed by atoms with Crippen molar-refractivity contribution < 1.29 is 28.6 Å². The van der Waals surface area contributed by atoms with Crippen LogP contribution in [0.2, 0.25) is 0 Å². The Morgan fingerprint density at radius 2 is 1.71 bits per heavy atom. The van der Waals surface area contributed by atoms with Gasteiger partial charge in [0.2, 0.25) is 0 Å². The second-order valence-corrected chi connectivity index (χ2v) is 6.11. The standard InChI is InChI=1S/C14H25NO6/c1-9(2)8-19-13(18)20-11(16)7-6-10(15)12(17)21-14(3,4)5/h9-10H,6-8,15H2,1-5H3/t10-/m1/s1. The van der Waals surface area contributed by atoms with Gasteiger partial charge in [0.1, 0.15) is 11.6 Å². The third-order valence-electron chi connectivity index (χ3n) is 2.10. The Balaban J connectivity index is 4.02. The van der Waals surface area contributed by atoms with Crippen LogP contribution in [0.3, 0.4) is 0 Å². The van der Waals surface area contributed by atoms with Gasteiger partial charge in [-0.3, -0.25) is 9.59 Å². The van der Waals surface area contributed by atoms with Crippen LogP contribution in [0.15, 0.2) is 0 Å². The van der Waals surface area contributed by atoms with Crippen LogP contribution in [0.4, 0.5) is 4.79 Å². The van der Waals surface area contributed by atoms with Gasteiger partial charge in [-0.05, 0) is 33.1 Å². The Bertz CT molecular complexity index is 372. The molecule has 0 unspecified atom stereocenters. The number of hydrogen-bond acceptors (Lipinski definition) is 7. The van der Waals surface area contributed by atoms with Crippen molar-refractivity contribution in [3.63, 3.8) is 0 Å². The summed E-state index contributed by atoms with van der Waals surface area (Å²) in [6.07, 6.45) is -1.18. The van der Waals surface area contributed by atoms with Crippen LogP contribution >= 0.6 is 0 Å². The molecule has 0 aliphatic carbocycles. The molecule has 0 aromatic carbocycles. The predicted octanol–water partition coefficient (Wildman–Crippen LogP) is 1.77. The molecule has 0 aliphatic rings. The van der Waals surface area contributed by atoms with Gasteiger partial charge in [-0.15, -0.1) is 0 Å². The van der Waals surface area contributed by atoms with Crippen LogP contribution in [0.5, 0.6) is 0 Å². The zero-order valence-electron chi connectivity index (χ0n) is 13.3. The molecule has 7 heteroatoms. The Morgan fingerprint density at radius 1 is 1.14 bits per heavy atom. The summed E-state index contributed by atoms with van der Waals surface area (Å²) < 4.78 is 14.2. The third kappa shape index (κ3) is 10.8. The minimum absolute atomic E-state index is 0.0329. The Labute approximate surface area is 125 Å². The smallest absolute Gasteiger partial charge is 0.459 e. The molecule has 0 spiro atoms. The SMILES string of the molecule is CC(C)COC(=O)OC(=O)CC[C@@H](N)C(=O)OC(C)(C)C. The maximum atomic E-state index is 11.6. The highest BCUT2D eigenvalue weighted by Crippen LogP contribution is 2.10. The van der Waals surface area contributed by atoms with Crippen LogP contribution in [0, 0.1) is 5.92 Å². The van der Waals surface area contributed by atoms with Crippen molar-refractivity contribution in [1.29, 1.82) is 0 Å². The van der Waals surface area contributed by atoms with Gasteiger partial charge in [-0.1, -0.05) is 13.8 Å². The van der Waals surface area contributed by atoms with Crippen molar-refractivity contribution in [2.24, 2.45) is 11.7 Å². The van der Waals surface area contributed by atoms with Gasteiger partial charge in [-0.25, -0.2) is 4.79 Å². The molecule has 7 nitrogen and oxygen atoms in total. The minimum atomic E-state index is -1.04. The number of esters is 2. The van der Waals surface area contributed by atoms with Crippen LogP contribution < -0.4 is 5.73 Å². The van der Waals surface area contributed by atoms with Crippen molar-refractivity contribution in [1.82, 2.24) is 0 Å². The van der Waals surface area contributed by atoms with E-state index in [4.69, 9.17) is 10.5 Å². The molecule has 21 heavy (non-hydrogen) atoms. The number of ether oxygens (including phenoxy) is 3. The van der Waals surface area contributed by atoms with E-state index in [1.807, 2.05) is 13.8 Å². The quantitative estimate of drug-likeness (QED) is 0.589. The van der Waals surface area contributed by atoms with E-state index in [1.165, 1.54) is 0 Å². The highest BCUT2D eigenvalue weighted by atomic mass is 16.7. The lowest BCUT2D eigenvalue weighted by molar-refractivity contribution is -0.156. The molecule has 0 radical (unpaired) electrons. The molecule has 0 bridgehead atoms. The van der Waals surface area contributed by atoms with E-state index in [0.717, 1.165) is 0 Å². The number of rotatable bonds is 6. The van der Waals surface area contributed by atoms with Gasteiger partial charge in [-0.2, -0.15) is 0 Å². The largest absolute Gasteiger partial charge is 0.516 e. The van der Waals surface area contributed by atoms with E-state index in [1.54, 1.807) is 20.8 Å². The maximum absolute atomic E-state index is 11.6. The Morgan fingerprint density at radius 3 is 2.19 bits per heavy atom. The Kier molecular flexibility index (Phi) is 7.94. The summed E-state index contributed by atoms with van der Waals surface area (Å²) in [5.41, 5.74) is 4.96. The molecule has 0 saturated heterocycles. The zero-order valence-corrected chi connectivity index (χ0v) is 13.3. The van der Waals surface area contributed by atoms with E-state index in [2.05, 4.69) is 9.47 Å². The van der Waals surface area contributed by atoms with Crippen LogP contribution in [-0.4, -0.2) is 36.3 Å². The summed E-state index contributed by atoms with van der Waals surface area (Å²) in [5, 5.41) is 0. The molecule has 0 amide bonds. The first-order chi connectivity index (χ1) is 9.51. The topological polar surface area (TPSA) is 105 Å². The molecule has 0 aromatic heterocycles. The molecule has 0 aliphatic heterocycles. The Hall–Kier alpha value is -1.63. The monoisotopic (exact) mass is 303 g/mol. The van der Waals surface area contributed by atoms with Gasteiger partial charge in [0.15, 0.2) is 0 Å².